The van der Waals surface area contributed by atoms with Crippen molar-refractivity contribution < 1.29 is 4.42 Å². The Bertz CT molecular complexity index is 451. The second-order valence-corrected chi connectivity index (χ2v) is 8.61. The largest absolute Gasteiger partial charge is 0.444 e. The summed E-state index contributed by atoms with van der Waals surface area (Å²) >= 11 is 0. The first kappa shape index (κ1) is 16.5. The zero-order chi connectivity index (χ0) is 15.7. The van der Waals surface area contributed by atoms with Gasteiger partial charge in [0, 0.05) is 11.5 Å². The lowest BCUT2D eigenvalue weighted by atomic mass is 9.69. The van der Waals surface area contributed by atoms with Crippen LogP contribution >= 0.6 is 0 Å². The fourth-order valence-corrected chi connectivity index (χ4v) is 3.37. The van der Waals surface area contributed by atoms with E-state index in [0.717, 1.165) is 24.1 Å². The monoisotopic (exact) mass is 292 g/mol. The quantitative estimate of drug-likeness (QED) is 0.880. The number of aromatic nitrogens is 1. The third-order valence-electron chi connectivity index (χ3n) is 4.69. The van der Waals surface area contributed by atoms with E-state index >= 15 is 0 Å². The normalized spacial score (nSPS) is 24.3. The van der Waals surface area contributed by atoms with E-state index in [1.54, 1.807) is 0 Å². The number of hydrogen-bond donors (Lipinski definition) is 1. The SMILES string of the molecule is CC(C)(C)c1cnc(CNC2CCCCC2C(C)(C)C)o1. The van der Waals surface area contributed by atoms with Crippen molar-refractivity contribution in [1.82, 2.24) is 10.3 Å². The summed E-state index contributed by atoms with van der Waals surface area (Å²) < 4.78 is 5.89. The van der Waals surface area contributed by atoms with Crippen LogP contribution in [-0.2, 0) is 12.0 Å². The number of nitrogens with one attached hydrogen (secondary N) is 1. The van der Waals surface area contributed by atoms with Crippen molar-refractivity contribution in [1.29, 1.82) is 0 Å². The average Bonchev–Trinajstić information content (AvgIpc) is 2.84. The summed E-state index contributed by atoms with van der Waals surface area (Å²) in [6.45, 7) is 14.3. The molecule has 1 aromatic rings. The number of nitrogens with zero attached hydrogens (tertiary/aromatic N) is 1. The van der Waals surface area contributed by atoms with Gasteiger partial charge in [0.25, 0.3) is 0 Å². The molecule has 0 radical (unpaired) electrons. The Balaban J connectivity index is 1.96. The molecule has 1 N–H and O–H groups in total. The number of rotatable bonds is 3. The van der Waals surface area contributed by atoms with Gasteiger partial charge in [-0.2, -0.15) is 0 Å². The first-order valence-electron chi connectivity index (χ1n) is 8.36. The van der Waals surface area contributed by atoms with Gasteiger partial charge in [-0.25, -0.2) is 4.98 Å². The highest BCUT2D eigenvalue weighted by atomic mass is 16.4. The maximum absolute atomic E-state index is 5.89. The average molecular weight is 292 g/mol. The van der Waals surface area contributed by atoms with Gasteiger partial charge in [0.2, 0.25) is 5.89 Å². The molecule has 0 spiro atoms. The van der Waals surface area contributed by atoms with E-state index in [1.807, 2.05) is 6.20 Å². The highest BCUT2D eigenvalue weighted by molar-refractivity contribution is 5.06. The molecule has 0 bridgehead atoms. The Morgan fingerprint density at radius 3 is 2.38 bits per heavy atom. The van der Waals surface area contributed by atoms with E-state index in [1.165, 1.54) is 25.7 Å². The molecule has 1 aromatic heterocycles. The van der Waals surface area contributed by atoms with E-state index in [2.05, 4.69) is 51.8 Å². The highest BCUT2D eigenvalue weighted by Gasteiger charge is 2.34. The fourth-order valence-electron chi connectivity index (χ4n) is 3.37. The van der Waals surface area contributed by atoms with Gasteiger partial charge < -0.3 is 9.73 Å². The van der Waals surface area contributed by atoms with Gasteiger partial charge in [0.1, 0.15) is 5.76 Å². The van der Waals surface area contributed by atoms with Crippen LogP contribution in [0.15, 0.2) is 10.6 Å². The molecule has 0 saturated heterocycles. The van der Waals surface area contributed by atoms with Crippen molar-refractivity contribution in [3.63, 3.8) is 0 Å². The molecular formula is C18H32N2O. The molecule has 0 aromatic carbocycles. The highest BCUT2D eigenvalue weighted by Crippen LogP contribution is 2.38. The molecule has 2 atom stereocenters. The van der Waals surface area contributed by atoms with E-state index in [4.69, 9.17) is 4.42 Å². The summed E-state index contributed by atoms with van der Waals surface area (Å²) in [5.41, 5.74) is 0.398. The first-order chi connectivity index (χ1) is 9.68. The van der Waals surface area contributed by atoms with Crippen molar-refractivity contribution in [2.75, 3.05) is 0 Å². The standard InChI is InChI=1S/C18H32N2O/c1-17(2,3)13-9-7-8-10-14(13)19-12-16-20-11-15(21-16)18(4,5)6/h11,13-14,19H,7-10,12H2,1-6H3. The minimum atomic E-state index is 0.0318. The lowest BCUT2D eigenvalue weighted by Crippen LogP contribution is -2.43. The topological polar surface area (TPSA) is 38.1 Å². The van der Waals surface area contributed by atoms with Crippen molar-refractivity contribution in [2.45, 2.75) is 85.2 Å². The first-order valence-corrected chi connectivity index (χ1v) is 8.36. The van der Waals surface area contributed by atoms with E-state index < -0.39 is 0 Å². The molecule has 0 aliphatic heterocycles. The number of oxazole rings is 1. The van der Waals surface area contributed by atoms with Gasteiger partial charge in [-0.15, -0.1) is 0 Å². The molecule has 0 amide bonds. The third kappa shape index (κ3) is 4.32. The van der Waals surface area contributed by atoms with Gasteiger partial charge in [0.15, 0.2) is 0 Å². The third-order valence-corrected chi connectivity index (χ3v) is 4.69. The van der Waals surface area contributed by atoms with Gasteiger partial charge in [0.05, 0.1) is 12.7 Å². The molecule has 1 fully saturated rings. The van der Waals surface area contributed by atoms with Crippen LogP contribution in [0.3, 0.4) is 0 Å². The maximum Gasteiger partial charge on any atom is 0.208 e. The predicted octanol–water partition coefficient (Wildman–Crippen LogP) is 4.67. The van der Waals surface area contributed by atoms with Crippen LogP contribution < -0.4 is 5.32 Å². The van der Waals surface area contributed by atoms with Crippen LogP contribution in [0.4, 0.5) is 0 Å². The van der Waals surface area contributed by atoms with Gasteiger partial charge >= 0.3 is 0 Å². The van der Waals surface area contributed by atoms with E-state index in [9.17, 15) is 0 Å². The van der Waals surface area contributed by atoms with Crippen LogP contribution in [-0.4, -0.2) is 11.0 Å². The lowest BCUT2D eigenvalue weighted by Gasteiger charge is -2.40. The van der Waals surface area contributed by atoms with E-state index in [0.29, 0.717) is 11.5 Å². The molecule has 120 valence electrons. The Kier molecular flexibility index (Phi) is 4.82. The maximum atomic E-state index is 5.89. The van der Waals surface area contributed by atoms with Crippen LogP contribution in [0.5, 0.6) is 0 Å². The minimum Gasteiger partial charge on any atom is -0.444 e. The van der Waals surface area contributed by atoms with Crippen LogP contribution in [0, 0.1) is 11.3 Å². The summed E-state index contributed by atoms with van der Waals surface area (Å²) in [5, 5.41) is 3.70. The Hall–Kier alpha value is -0.830. The second-order valence-electron chi connectivity index (χ2n) is 8.61. The van der Waals surface area contributed by atoms with Crippen molar-refractivity contribution in [2.24, 2.45) is 11.3 Å². The van der Waals surface area contributed by atoms with Gasteiger partial charge in [-0.1, -0.05) is 54.4 Å². The number of hydrogen-bond acceptors (Lipinski definition) is 3. The molecule has 1 aliphatic carbocycles. The second kappa shape index (κ2) is 6.12. The van der Waals surface area contributed by atoms with Crippen LogP contribution in [0.1, 0.15) is 78.9 Å². The summed E-state index contributed by atoms with van der Waals surface area (Å²) in [6.07, 6.45) is 7.18. The van der Waals surface area contributed by atoms with Gasteiger partial charge in [-0.05, 0) is 24.2 Å². The Morgan fingerprint density at radius 1 is 1.14 bits per heavy atom. The van der Waals surface area contributed by atoms with Crippen molar-refractivity contribution in [3.8, 4) is 0 Å². The summed E-state index contributed by atoms with van der Waals surface area (Å²) in [6, 6.07) is 0.587. The summed E-state index contributed by atoms with van der Waals surface area (Å²) in [5.74, 6) is 2.52. The predicted molar refractivity (Wildman–Crippen MR) is 87.2 cm³/mol. The van der Waals surface area contributed by atoms with Crippen molar-refractivity contribution >= 4 is 0 Å². The Morgan fingerprint density at radius 2 is 1.81 bits per heavy atom. The molecule has 2 unspecified atom stereocenters. The van der Waals surface area contributed by atoms with E-state index in [-0.39, 0.29) is 5.41 Å². The summed E-state index contributed by atoms with van der Waals surface area (Å²) in [4.78, 5) is 4.43. The molecule has 1 saturated carbocycles. The van der Waals surface area contributed by atoms with Gasteiger partial charge in [-0.3, -0.25) is 0 Å². The molecule has 2 rings (SSSR count). The molecule has 3 heteroatoms. The molecular weight excluding hydrogens is 260 g/mol. The smallest absolute Gasteiger partial charge is 0.208 e. The minimum absolute atomic E-state index is 0.0318. The molecule has 1 aliphatic rings. The molecule has 1 heterocycles. The van der Waals surface area contributed by atoms with Crippen molar-refractivity contribution in [3.05, 3.63) is 17.8 Å². The fraction of sp³-hybridized carbons (Fsp3) is 0.833. The zero-order valence-corrected chi connectivity index (χ0v) is 14.6. The Labute approximate surface area is 129 Å². The summed E-state index contributed by atoms with van der Waals surface area (Å²) in [7, 11) is 0. The molecule has 3 nitrogen and oxygen atoms in total. The zero-order valence-electron chi connectivity index (χ0n) is 14.6. The van der Waals surface area contributed by atoms with Crippen LogP contribution in [0.2, 0.25) is 0 Å². The lowest BCUT2D eigenvalue weighted by molar-refractivity contribution is 0.128. The molecule has 21 heavy (non-hydrogen) atoms. The van der Waals surface area contributed by atoms with Crippen LogP contribution in [0.25, 0.3) is 0 Å².